The van der Waals surface area contributed by atoms with Crippen molar-refractivity contribution in [2.45, 2.75) is 0 Å². The molecule has 0 radical (unpaired) electrons. The Morgan fingerprint density at radius 2 is 1.02 bits per heavy atom. The number of aromatic nitrogens is 5. The smallest absolute Gasteiger partial charge is 0.227 e. The number of pyridine rings is 2. The van der Waals surface area contributed by atoms with E-state index in [1.54, 1.807) is 0 Å². The van der Waals surface area contributed by atoms with Crippen molar-refractivity contribution in [3.8, 4) is 45.6 Å². The Labute approximate surface area is 235 Å². The molecule has 0 unspecified atom stereocenters. The summed E-state index contributed by atoms with van der Waals surface area (Å²) in [6.07, 6.45) is 1.83. The van der Waals surface area contributed by atoms with Crippen molar-refractivity contribution in [2.24, 2.45) is 0 Å². The van der Waals surface area contributed by atoms with Crippen LogP contribution in [0.4, 0.5) is 0 Å². The lowest BCUT2D eigenvalue weighted by atomic mass is 10.0. The molecule has 0 aliphatic carbocycles. The fourth-order valence-electron chi connectivity index (χ4n) is 5.24. The number of benzene rings is 4. The van der Waals surface area contributed by atoms with E-state index in [0.717, 1.165) is 55.2 Å². The minimum Gasteiger partial charge on any atom is -0.438 e. The van der Waals surface area contributed by atoms with E-state index >= 15 is 0 Å². The van der Waals surface area contributed by atoms with Crippen molar-refractivity contribution < 1.29 is 4.42 Å². The molecule has 0 spiro atoms. The molecular weight excluding hydrogens is 506 g/mol. The second-order valence-electron chi connectivity index (χ2n) is 9.75. The number of rotatable bonds is 4. The molecule has 0 bridgehead atoms. The van der Waals surface area contributed by atoms with Crippen LogP contribution in [0.1, 0.15) is 0 Å². The number of para-hydroxylation sites is 1. The third-order valence-corrected chi connectivity index (χ3v) is 7.22. The lowest BCUT2D eigenvalue weighted by Gasteiger charge is -2.12. The molecule has 6 heteroatoms. The predicted molar refractivity (Wildman–Crippen MR) is 162 cm³/mol. The lowest BCUT2D eigenvalue weighted by Crippen LogP contribution is -2.01. The first kappa shape index (κ1) is 23.2. The van der Waals surface area contributed by atoms with Crippen LogP contribution in [0.2, 0.25) is 0 Å². The van der Waals surface area contributed by atoms with Crippen LogP contribution in [0, 0.1) is 0 Å². The highest BCUT2D eigenvalue weighted by Crippen LogP contribution is 2.35. The second kappa shape index (κ2) is 9.47. The summed E-state index contributed by atoms with van der Waals surface area (Å²) in [6.45, 7) is 0. The molecule has 4 aromatic carbocycles. The van der Waals surface area contributed by atoms with Gasteiger partial charge in [-0.2, -0.15) is 0 Å². The molecule has 0 N–H and O–H groups in total. The van der Waals surface area contributed by atoms with E-state index in [9.17, 15) is 0 Å². The zero-order valence-electron chi connectivity index (χ0n) is 21.8. The van der Waals surface area contributed by atoms with Crippen LogP contribution in [0.3, 0.4) is 0 Å². The van der Waals surface area contributed by atoms with E-state index in [2.05, 4.69) is 18.2 Å². The Morgan fingerprint density at radius 1 is 0.439 bits per heavy atom. The third kappa shape index (κ3) is 4.01. The van der Waals surface area contributed by atoms with Gasteiger partial charge in [-0.25, -0.2) is 19.9 Å². The van der Waals surface area contributed by atoms with Gasteiger partial charge in [0.2, 0.25) is 5.71 Å². The normalized spacial score (nSPS) is 11.4. The minimum atomic E-state index is 0.564. The van der Waals surface area contributed by atoms with Crippen LogP contribution >= 0.6 is 0 Å². The number of furan rings is 1. The van der Waals surface area contributed by atoms with Crippen LogP contribution in [0.5, 0.6) is 0 Å². The van der Waals surface area contributed by atoms with Crippen molar-refractivity contribution in [2.75, 3.05) is 0 Å². The van der Waals surface area contributed by atoms with Gasteiger partial charge in [0, 0.05) is 39.0 Å². The van der Waals surface area contributed by atoms with Crippen molar-refractivity contribution in [1.82, 2.24) is 24.9 Å². The molecule has 0 atom stereocenters. The molecule has 4 aromatic heterocycles. The second-order valence-corrected chi connectivity index (χ2v) is 9.75. The Balaban J connectivity index is 1.32. The van der Waals surface area contributed by atoms with Crippen molar-refractivity contribution in [3.63, 3.8) is 0 Å². The Morgan fingerprint density at radius 3 is 1.73 bits per heavy atom. The Hall–Kier alpha value is -5.75. The van der Waals surface area contributed by atoms with E-state index in [-0.39, 0.29) is 0 Å². The summed E-state index contributed by atoms with van der Waals surface area (Å²) >= 11 is 0. The van der Waals surface area contributed by atoms with Crippen molar-refractivity contribution in [3.05, 3.63) is 128 Å². The van der Waals surface area contributed by atoms with Gasteiger partial charge in [-0.3, -0.25) is 4.98 Å². The van der Waals surface area contributed by atoms with E-state index in [1.165, 1.54) is 0 Å². The summed E-state index contributed by atoms with van der Waals surface area (Å²) < 4.78 is 6.06. The van der Waals surface area contributed by atoms with Gasteiger partial charge in [0.25, 0.3) is 0 Å². The number of fused-ring (bicyclic) bond motifs is 4. The molecule has 4 heterocycles. The summed E-state index contributed by atoms with van der Waals surface area (Å²) in [5, 5.41) is 3.97. The van der Waals surface area contributed by atoms with Crippen LogP contribution in [0.25, 0.3) is 78.4 Å². The first-order chi connectivity index (χ1) is 20.3. The van der Waals surface area contributed by atoms with Crippen LogP contribution in [-0.2, 0) is 0 Å². The molecule has 0 aliphatic heterocycles. The fraction of sp³-hybridized carbons (Fsp3) is 0. The molecule has 0 saturated heterocycles. The number of hydrogen-bond acceptors (Lipinski definition) is 6. The van der Waals surface area contributed by atoms with Gasteiger partial charge in [0.1, 0.15) is 5.58 Å². The fourth-order valence-corrected chi connectivity index (χ4v) is 5.24. The number of nitrogens with zero attached hydrogens (tertiary/aromatic N) is 5. The first-order valence-electron chi connectivity index (χ1n) is 13.4. The van der Waals surface area contributed by atoms with E-state index in [4.69, 9.17) is 29.3 Å². The van der Waals surface area contributed by atoms with Gasteiger partial charge in [-0.05, 0) is 23.6 Å². The monoisotopic (exact) mass is 527 g/mol. The zero-order valence-corrected chi connectivity index (χ0v) is 21.8. The third-order valence-electron chi connectivity index (χ3n) is 7.22. The van der Waals surface area contributed by atoms with Gasteiger partial charge in [-0.1, -0.05) is 103 Å². The van der Waals surface area contributed by atoms with Crippen LogP contribution < -0.4 is 0 Å². The zero-order chi connectivity index (χ0) is 27.2. The molecule has 8 rings (SSSR count). The van der Waals surface area contributed by atoms with Gasteiger partial charge < -0.3 is 4.42 Å². The minimum absolute atomic E-state index is 0.564. The Bertz CT molecular complexity index is 2150. The first-order valence-corrected chi connectivity index (χ1v) is 13.4. The molecule has 0 saturated carbocycles. The molecule has 41 heavy (non-hydrogen) atoms. The topological polar surface area (TPSA) is 77.6 Å². The highest BCUT2D eigenvalue weighted by atomic mass is 16.3. The maximum Gasteiger partial charge on any atom is 0.227 e. The molecule has 8 aromatic rings. The molecule has 0 aliphatic rings. The van der Waals surface area contributed by atoms with Gasteiger partial charge in [0.05, 0.1) is 11.4 Å². The summed E-state index contributed by atoms with van der Waals surface area (Å²) in [6, 6.07) is 40.1. The van der Waals surface area contributed by atoms with Crippen molar-refractivity contribution >= 4 is 32.8 Å². The van der Waals surface area contributed by atoms with E-state index < -0.39 is 0 Å². The number of hydrogen-bond donors (Lipinski definition) is 0. The standard InChI is InChI=1S/C35H21N5O/c1-3-11-22(12-4-1)32-38-33(23-13-5-2-6-14-23)40-34(39-32)28-21-36-31(26-17-8-7-15-24(26)28)29-20-19-27-25-16-9-10-18-30(25)41-35(27)37-29/h1-21H. The SMILES string of the molecule is c1ccc(-c2nc(-c3ccccc3)nc(-c3cnc(-c4ccc5c(n4)oc4ccccc45)c4ccccc34)n2)cc1. The summed E-state index contributed by atoms with van der Waals surface area (Å²) in [5.41, 5.74) is 5.59. The highest BCUT2D eigenvalue weighted by Gasteiger charge is 2.18. The Kier molecular flexibility index (Phi) is 5.35. The van der Waals surface area contributed by atoms with Gasteiger partial charge >= 0.3 is 0 Å². The molecule has 6 nitrogen and oxygen atoms in total. The van der Waals surface area contributed by atoms with Gasteiger partial charge in [-0.15, -0.1) is 0 Å². The molecular formula is C35H21N5O. The maximum absolute atomic E-state index is 6.06. The van der Waals surface area contributed by atoms with E-state index in [0.29, 0.717) is 23.2 Å². The predicted octanol–water partition coefficient (Wildman–Crippen LogP) is 8.38. The van der Waals surface area contributed by atoms with Gasteiger partial charge in [0.15, 0.2) is 17.5 Å². The molecule has 192 valence electrons. The molecule has 0 fully saturated rings. The summed E-state index contributed by atoms with van der Waals surface area (Å²) in [5.74, 6) is 1.79. The van der Waals surface area contributed by atoms with E-state index in [1.807, 2.05) is 109 Å². The average molecular weight is 528 g/mol. The summed E-state index contributed by atoms with van der Waals surface area (Å²) in [4.78, 5) is 24.5. The highest BCUT2D eigenvalue weighted by molar-refractivity contribution is 6.05. The van der Waals surface area contributed by atoms with Crippen LogP contribution in [-0.4, -0.2) is 24.9 Å². The van der Waals surface area contributed by atoms with Crippen LogP contribution in [0.15, 0.2) is 132 Å². The largest absolute Gasteiger partial charge is 0.438 e. The quantitative estimate of drug-likeness (QED) is 0.229. The maximum atomic E-state index is 6.06. The molecule has 0 amide bonds. The van der Waals surface area contributed by atoms with Crippen molar-refractivity contribution in [1.29, 1.82) is 0 Å². The average Bonchev–Trinajstić information content (AvgIpc) is 3.43. The lowest BCUT2D eigenvalue weighted by molar-refractivity contribution is 0.654. The summed E-state index contributed by atoms with van der Waals surface area (Å²) in [7, 11) is 0.